The molecular formula is C17H33N3O11. The lowest BCUT2D eigenvalue weighted by Gasteiger charge is -2.47. The smallest absolute Gasteiger partial charge is 0.187 e. The van der Waals surface area contributed by atoms with Crippen molar-refractivity contribution >= 4 is 0 Å². The molecular weight excluding hydrogens is 422 g/mol. The van der Waals surface area contributed by atoms with Gasteiger partial charge in [-0.3, -0.25) is 0 Å². The molecule has 14 heteroatoms. The average Bonchev–Trinajstić information content (AvgIpc) is 3.02. The first-order chi connectivity index (χ1) is 14.6. The van der Waals surface area contributed by atoms with Crippen LogP contribution in [-0.4, -0.2) is 135 Å². The molecule has 0 aromatic rings. The van der Waals surface area contributed by atoms with Gasteiger partial charge in [-0.25, -0.2) is 0 Å². The van der Waals surface area contributed by atoms with Crippen LogP contribution in [0.15, 0.2) is 0 Å². The maximum absolute atomic E-state index is 10.6. The molecule has 14 atom stereocenters. The van der Waals surface area contributed by atoms with Crippen LogP contribution < -0.4 is 17.2 Å². The molecule has 3 aliphatic rings. The van der Waals surface area contributed by atoms with Crippen LogP contribution in [0, 0.1) is 0 Å². The Morgan fingerprint density at radius 1 is 0.645 bits per heavy atom. The highest BCUT2D eigenvalue weighted by molar-refractivity contribution is 5.01. The van der Waals surface area contributed by atoms with E-state index >= 15 is 0 Å². The van der Waals surface area contributed by atoms with Crippen LogP contribution in [0.25, 0.3) is 0 Å². The summed E-state index contributed by atoms with van der Waals surface area (Å²) in [6.07, 6.45) is -14.5. The molecule has 2 heterocycles. The Morgan fingerprint density at radius 3 is 1.74 bits per heavy atom. The van der Waals surface area contributed by atoms with Gasteiger partial charge < -0.3 is 71.9 Å². The van der Waals surface area contributed by atoms with Crippen molar-refractivity contribution in [3.63, 3.8) is 0 Å². The van der Waals surface area contributed by atoms with E-state index in [-0.39, 0.29) is 6.42 Å². The molecule has 0 spiro atoms. The van der Waals surface area contributed by atoms with Crippen molar-refractivity contribution in [2.24, 2.45) is 17.2 Å². The van der Waals surface area contributed by atoms with Gasteiger partial charge in [0.05, 0.1) is 25.4 Å². The number of hydrogen-bond donors (Lipinski definition) is 10. The summed E-state index contributed by atoms with van der Waals surface area (Å²) >= 11 is 0. The van der Waals surface area contributed by atoms with Gasteiger partial charge in [0.25, 0.3) is 0 Å². The second kappa shape index (κ2) is 10.1. The molecule has 3 fully saturated rings. The Hall–Kier alpha value is -0.560. The Kier molecular flexibility index (Phi) is 8.21. The van der Waals surface area contributed by atoms with E-state index in [0.29, 0.717) is 0 Å². The van der Waals surface area contributed by atoms with Gasteiger partial charge in [-0.2, -0.15) is 0 Å². The highest BCUT2D eigenvalue weighted by Gasteiger charge is 2.52. The zero-order valence-electron chi connectivity index (χ0n) is 16.7. The first kappa shape index (κ1) is 25.1. The fourth-order valence-electron chi connectivity index (χ4n) is 4.12. The molecule has 1 saturated carbocycles. The standard InChI is InChI=1S/C17H33N3O11/c18-4-1-5(19)14(30-16-8(20)12(26)10(24)6(2-21)28-16)15(9(4)23)31-17-13(27)11(25)7(3-22)29-17/h4-17,21-27H,1-3,18-20H2/t4-,5?,6?,7-,8+,9-,10-,11+,12-,13?,14-,15-,16-,17+/m1/s1. The van der Waals surface area contributed by atoms with Crippen LogP contribution in [0.2, 0.25) is 0 Å². The van der Waals surface area contributed by atoms with Crippen molar-refractivity contribution in [2.45, 2.75) is 92.1 Å². The molecule has 31 heavy (non-hydrogen) atoms. The molecule has 14 nitrogen and oxygen atoms in total. The summed E-state index contributed by atoms with van der Waals surface area (Å²) in [4.78, 5) is 0. The molecule has 13 N–H and O–H groups in total. The number of nitrogens with two attached hydrogens (primary N) is 3. The fourth-order valence-corrected chi connectivity index (χ4v) is 4.12. The Bertz CT molecular complexity index is 590. The van der Waals surface area contributed by atoms with Gasteiger partial charge in [-0.1, -0.05) is 0 Å². The van der Waals surface area contributed by atoms with E-state index in [4.69, 9.17) is 36.1 Å². The molecule has 2 saturated heterocycles. The van der Waals surface area contributed by atoms with Crippen molar-refractivity contribution in [1.82, 2.24) is 0 Å². The molecule has 0 amide bonds. The van der Waals surface area contributed by atoms with E-state index in [1.807, 2.05) is 0 Å². The molecule has 1 aliphatic carbocycles. The van der Waals surface area contributed by atoms with Gasteiger partial charge in [0.1, 0.15) is 48.8 Å². The minimum absolute atomic E-state index is 0.123. The summed E-state index contributed by atoms with van der Waals surface area (Å²) < 4.78 is 22.2. The molecule has 3 rings (SSSR count). The normalized spacial score (nSPS) is 53.6. The maximum Gasteiger partial charge on any atom is 0.187 e. The number of hydrogen-bond acceptors (Lipinski definition) is 14. The van der Waals surface area contributed by atoms with Gasteiger partial charge in [-0.05, 0) is 6.42 Å². The van der Waals surface area contributed by atoms with Crippen molar-refractivity contribution < 1.29 is 54.7 Å². The summed E-state index contributed by atoms with van der Waals surface area (Å²) in [6.45, 7) is -1.19. The van der Waals surface area contributed by atoms with Crippen molar-refractivity contribution in [3.8, 4) is 0 Å². The highest BCUT2D eigenvalue weighted by Crippen LogP contribution is 2.32. The first-order valence-electron chi connectivity index (χ1n) is 10.1. The monoisotopic (exact) mass is 455 g/mol. The molecule has 0 radical (unpaired) electrons. The number of rotatable bonds is 6. The topological polar surface area (TPSA) is 257 Å². The van der Waals surface area contributed by atoms with Crippen molar-refractivity contribution in [3.05, 3.63) is 0 Å². The third kappa shape index (κ3) is 4.87. The summed E-state index contributed by atoms with van der Waals surface area (Å²) in [7, 11) is 0. The Morgan fingerprint density at radius 2 is 1.16 bits per heavy atom. The lowest BCUT2D eigenvalue weighted by molar-refractivity contribution is -0.310. The van der Waals surface area contributed by atoms with E-state index in [1.165, 1.54) is 0 Å². The minimum atomic E-state index is -1.52. The van der Waals surface area contributed by atoms with Gasteiger partial charge >= 0.3 is 0 Å². The fraction of sp³-hybridized carbons (Fsp3) is 1.00. The predicted molar refractivity (Wildman–Crippen MR) is 99.8 cm³/mol. The first-order valence-corrected chi connectivity index (χ1v) is 10.1. The van der Waals surface area contributed by atoms with Crippen LogP contribution in [0.4, 0.5) is 0 Å². The maximum atomic E-state index is 10.6. The van der Waals surface area contributed by atoms with E-state index < -0.39 is 98.9 Å². The Balaban J connectivity index is 1.78. The van der Waals surface area contributed by atoms with Gasteiger partial charge in [-0.15, -0.1) is 0 Å². The third-order valence-corrected chi connectivity index (χ3v) is 6.07. The van der Waals surface area contributed by atoms with E-state index in [1.54, 1.807) is 0 Å². The molecule has 3 unspecified atom stereocenters. The van der Waals surface area contributed by atoms with Crippen molar-refractivity contribution in [2.75, 3.05) is 13.2 Å². The third-order valence-electron chi connectivity index (χ3n) is 6.07. The SMILES string of the molecule is NC1C[C@@H](N)[C@@H](O)[C@@H](O[C@@H]2O[C@H](CO)[C@H](O)C2O)[C@@H]1O[C@H]1OC(CO)[C@@H](O)[C@H](O)[C@@H]1N. The lowest BCUT2D eigenvalue weighted by Crippen LogP contribution is -2.68. The van der Waals surface area contributed by atoms with Crippen LogP contribution in [0.5, 0.6) is 0 Å². The average molecular weight is 455 g/mol. The number of ether oxygens (including phenoxy) is 4. The zero-order valence-corrected chi connectivity index (χ0v) is 16.7. The van der Waals surface area contributed by atoms with Crippen LogP contribution in [0.3, 0.4) is 0 Å². The lowest BCUT2D eigenvalue weighted by atomic mass is 9.84. The van der Waals surface area contributed by atoms with E-state index in [2.05, 4.69) is 0 Å². The number of aliphatic hydroxyl groups excluding tert-OH is 7. The van der Waals surface area contributed by atoms with Crippen molar-refractivity contribution in [1.29, 1.82) is 0 Å². The molecule has 2 aliphatic heterocycles. The largest absolute Gasteiger partial charge is 0.394 e. The Labute approximate surface area is 178 Å². The molecule has 182 valence electrons. The van der Waals surface area contributed by atoms with Gasteiger partial charge in [0, 0.05) is 12.1 Å². The highest BCUT2D eigenvalue weighted by atomic mass is 16.7. The molecule has 0 aromatic carbocycles. The second-order valence-corrected chi connectivity index (χ2v) is 8.25. The predicted octanol–water partition coefficient (Wildman–Crippen LogP) is -6.62. The van der Waals surface area contributed by atoms with Gasteiger partial charge in [0.2, 0.25) is 0 Å². The number of aliphatic hydroxyl groups is 7. The van der Waals surface area contributed by atoms with Crippen LogP contribution in [-0.2, 0) is 18.9 Å². The van der Waals surface area contributed by atoms with Crippen LogP contribution >= 0.6 is 0 Å². The quantitative estimate of drug-likeness (QED) is 0.179. The summed E-state index contributed by atoms with van der Waals surface area (Å²) in [6, 6.07) is -2.82. The van der Waals surface area contributed by atoms with Crippen LogP contribution in [0.1, 0.15) is 6.42 Å². The molecule has 0 bridgehead atoms. The minimum Gasteiger partial charge on any atom is -0.394 e. The summed E-state index contributed by atoms with van der Waals surface area (Å²) in [5.41, 5.74) is 18.0. The zero-order chi connectivity index (χ0) is 23.0. The second-order valence-electron chi connectivity index (χ2n) is 8.25. The van der Waals surface area contributed by atoms with E-state index in [0.717, 1.165) is 0 Å². The summed E-state index contributed by atoms with van der Waals surface area (Å²) in [5.74, 6) is 0. The molecule has 0 aromatic heterocycles. The van der Waals surface area contributed by atoms with E-state index in [9.17, 15) is 35.7 Å². The summed E-state index contributed by atoms with van der Waals surface area (Å²) in [5, 5.41) is 69.4. The van der Waals surface area contributed by atoms with Gasteiger partial charge in [0.15, 0.2) is 12.6 Å².